The predicted molar refractivity (Wildman–Crippen MR) is 90.5 cm³/mol. The van der Waals surface area contributed by atoms with Crippen LogP contribution in [0.1, 0.15) is 17.4 Å². The van der Waals surface area contributed by atoms with E-state index in [4.69, 9.17) is 4.74 Å². The maximum absolute atomic E-state index is 12.6. The van der Waals surface area contributed by atoms with Crippen molar-refractivity contribution in [2.45, 2.75) is 17.4 Å². The van der Waals surface area contributed by atoms with E-state index in [1.807, 2.05) is 11.6 Å². The van der Waals surface area contributed by atoms with Gasteiger partial charge in [0.15, 0.2) is 0 Å². The van der Waals surface area contributed by atoms with E-state index in [2.05, 4.69) is 10.3 Å². The topological polar surface area (TPSA) is 63.2 Å². The van der Waals surface area contributed by atoms with Crippen molar-refractivity contribution in [1.82, 2.24) is 15.6 Å². The second-order valence-electron chi connectivity index (χ2n) is 5.27. The lowest BCUT2D eigenvalue weighted by Crippen LogP contribution is -2.36. The third-order valence-electron chi connectivity index (χ3n) is 3.56. The highest BCUT2D eigenvalue weighted by atomic mass is 32.2. The molecule has 1 aliphatic rings. The zero-order valence-electron chi connectivity index (χ0n) is 13.5. The molecule has 26 heavy (non-hydrogen) atoms. The fourth-order valence-electron chi connectivity index (χ4n) is 2.40. The van der Waals surface area contributed by atoms with E-state index in [1.54, 1.807) is 48.7 Å². The number of thioether (sulfide) groups is 1. The van der Waals surface area contributed by atoms with Crippen LogP contribution in [0.4, 0.5) is 13.2 Å². The van der Waals surface area contributed by atoms with Gasteiger partial charge in [-0.05, 0) is 18.4 Å². The molecule has 5 nitrogen and oxygen atoms in total. The number of rotatable bonds is 4. The molecule has 136 valence electrons. The maximum atomic E-state index is 12.6. The van der Waals surface area contributed by atoms with E-state index in [0.29, 0.717) is 16.2 Å². The molecule has 1 aromatic heterocycles. The normalized spacial score (nSPS) is 16.8. The summed E-state index contributed by atoms with van der Waals surface area (Å²) in [6.45, 7) is 0. The predicted octanol–water partition coefficient (Wildman–Crippen LogP) is 3.43. The molecule has 9 heteroatoms. The van der Waals surface area contributed by atoms with E-state index in [1.165, 1.54) is 11.8 Å². The van der Waals surface area contributed by atoms with Gasteiger partial charge in [-0.15, -0.1) is 11.8 Å². The van der Waals surface area contributed by atoms with Gasteiger partial charge in [-0.1, -0.05) is 30.3 Å². The first-order chi connectivity index (χ1) is 12.4. The quantitative estimate of drug-likeness (QED) is 0.795. The highest BCUT2D eigenvalue weighted by Gasteiger charge is 2.41. The minimum absolute atomic E-state index is 0.268. The van der Waals surface area contributed by atoms with Gasteiger partial charge in [-0.25, -0.2) is 4.98 Å². The number of halogens is 3. The standard InChI is InChI=1S/C17H14F3N3O2S/c1-26-15-11(8-5-9-21-15)13-22-12(10-6-3-2-4-7-10)14(25-13)23-16(24)17(18,19)20/h2-9,13,22H,1H3,(H,23,24). The third-order valence-corrected chi connectivity index (χ3v) is 4.29. The molecule has 0 fully saturated rings. The molecule has 0 aliphatic carbocycles. The van der Waals surface area contributed by atoms with Gasteiger partial charge in [0.05, 0.1) is 0 Å². The molecule has 2 N–H and O–H groups in total. The summed E-state index contributed by atoms with van der Waals surface area (Å²) in [4.78, 5) is 15.6. The van der Waals surface area contributed by atoms with Crippen LogP contribution in [0, 0.1) is 0 Å². The summed E-state index contributed by atoms with van der Waals surface area (Å²) in [6.07, 6.45) is -2.35. The molecule has 1 unspecified atom stereocenters. The molecule has 2 aromatic rings. The number of carbonyl (C=O) groups excluding carboxylic acids is 1. The van der Waals surface area contributed by atoms with E-state index in [0.717, 1.165) is 0 Å². The minimum atomic E-state index is -5.02. The summed E-state index contributed by atoms with van der Waals surface area (Å²) >= 11 is 1.38. The molecule has 1 amide bonds. The van der Waals surface area contributed by atoms with E-state index < -0.39 is 18.3 Å². The Bertz CT molecular complexity index is 841. The lowest BCUT2D eigenvalue weighted by atomic mass is 10.1. The van der Waals surface area contributed by atoms with Gasteiger partial charge in [0.2, 0.25) is 12.1 Å². The average molecular weight is 381 g/mol. The summed E-state index contributed by atoms with van der Waals surface area (Å²) in [5.41, 5.74) is 1.51. The highest BCUT2D eigenvalue weighted by Crippen LogP contribution is 2.34. The number of carbonyl (C=O) groups is 1. The minimum Gasteiger partial charge on any atom is -0.449 e. The number of amides is 1. The Kier molecular flexibility index (Phi) is 5.08. The van der Waals surface area contributed by atoms with Gasteiger partial charge in [0.1, 0.15) is 10.7 Å². The van der Waals surface area contributed by atoms with Crippen LogP contribution < -0.4 is 10.6 Å². The Morgan fingerprint density at radius 1 is 1.23 bits per heavy atom. The summed E-state index contributed by atoms with van der Waals surface area (Å²) in [5, 5.41) is 5.50. The van der Waals surface area contributed by atoms with Crippen molar-refractivity contribution in [3.8, 4) is 0 Å². The maximum Gasteiger partial charge on any atom is 0.471 e. The number of nitrogens with one attached hydrogen (secondary N) is 2. The van der Waals surface area contributed by atoms with Crippen molar-refractivity contribution in [3.63, 3.8) is 0 Å². The smallest absolute Gasteiger partial charge is 0.449 e. The number of pyridine rings is 1. The van der Waals surface area contributed by atoms with Crippen molar-refractivity contribution < 1.29 is 22.7 Å². The second kappa shape index (κ2) is 7.28. The van der Waals surface area contributed by atoms with Crippen molar-refractivity contribution in [2.24, 2.45) is 0 Å². The first-order valence-electron chi connectivity index (χ1n) is 7.50. The lowest BCUT2D eigenvalue weighted by Gasteiger charge is -2.16. The number of ether oxygens (including phenoxy) is 1. The molecule has 1 aromatic carbocycles. The number of aromatic nitrogens is 1. The number of nitrogens with zero attached hydrogens (tertiary/aromatic N) is 1. The number of hydrogen-bond donors (Lipinski definition) is 2. The fraction of sp³-hybridized carbons (Fsp3) is 0.176. The first-order valence-corrected chi connectivity index (χ1v) is 8.72. The molecule has 0 bridgehead atoms. The van der Waals surface area contributed by atoms with Crippen LogP contribution in [-0.2, 0) is 9.53 Å². The first kappa shape index (κ1) is 18.1. The molecule has 1 aliphatic heterocycles. The second-order valence-corrected chi connectivity index (χ2v) is 6.06. The summed E-state index contributed by atoms with van der Waals surface area (Å²) in [7, 11) is 0. The van der Waals surface area contributed by atoms with Crippen LogP contribution >= 0.6 is 11.8 Å². The Morgan fingerprint density at radius 2 is 1.96 bits per heavy atom. The Labute approximate surface area is 151 Å². The van der Waals surface area contributed by atoms with Gasteiger partial charge >= 0.3 is 12.1 Å². The van der Waals surface area contributed by atoms with Crippen molar-refractivity contribution in [1.29, 1.82) is 0 Å². The zero-order valence-corrected chi connectivity index (χ0v) is 14.3. The summed E-state index contributed by atoms with van der Waals surface area (Å²) in [5.74, 6) is -2.38. The molecule has 0 saturated carbocycles. The van der Waals surface area contributed by atoms with Crippen LogP contribution in [0.3, 0.4) is 0 Å². The SMILES string of the molecule is CSc1ncccc1C1NC(c2ccccc2)=C(NC(=O)C(F)(F)F)O1. The lowest BCUT2D eigenvalue weighted by molar-refractivity contribution is -0.173. The van der Waals surface area contributed by atoms with Gasteiger partial charge in [-0.3, -0.25) is 10.1 Å². The molecule has 0 saturated heterocycles. The molecule has 0 radical (unpaired) electrons. The van der Waals surface area contributed by atoms with E-state index in [9.17, 15) is 18.0 Å². The van der Waals surface area contributed by atoms with Crippen LogP contribution in [0.25, 0.3) is 5.70 Å². The summed E-state index contributed by atoms with van der Waals surface area (Å²) in [6, 6.07) is 12.1. The molecule has 3 rings (SSSR count). The zero-order chi connectivity index (χ0) is 18.7. The highest BCUT2D eigenvalue weighted by molar-refractivity contribution is 7.98. The van der Waals surface area contributed by atoms with Crippen LogP contribution in [0.15, 0.2) is 59.6 Å². The molecule has 2 heterocycles. The van der Waals surface area contributed by atoms with E-state index >= 15 is 0 Å². The fourth-order valence-corrected chi connectivity index (χ4v) is 2.98. The average Bonchev–Trinajstić information content (AvgIpc) is 3.05. The monoisotopic (exact) mass is 381 g/mol. The van der Waals surface area contributed by atoms with Gasteiger partial charge < -0.3 is 10.1 Å². The largest absolute Gasteiger partial charge is 0.471 e. The molecule has 1 atom stereocenters. The third kappa shape index (κ3) is 3.77. The number of hydrogen-bond acceptors (Lipinski definition) is 5. The van der Waals surface area contributed by atoms with Crippen LogP contribution in [0.2, 0.25) is 0 Å². The van der Waals surface area contributed by atoms with E-state index in [-0.39, 0.29) is 11.6 Å². The van der Waals surface area contributed by atoms with Crippen molar-refractivity contribution in [3.05, 3.63) is 65.7 Å². The Balaban J connectivity index is 1.94. The Hall–Kier alpha value is -2.68. The molecule has 0 spiro atoms. The Morgan fingerprint density at radius 3 is 2.62 bits per heavy atom. The van der Waals surface area contributed by atoms with Gasteiger partial charge in [0, 0.05) is 17.3 Å². The number of alkyl halides is 3. The van der Waals surface area contributed by atoms with Crippen LogP contribution in [-0.4, -0.2) is 23.3 Å². The van der Waals surface area contributed by atoms with Crippen LogP contribution in [0.5, 0.6) is 0 Å². The molecular weight excluding hydrogens is 367 g/mol. The van der Waals surface area contributed by atoms with Gasteiger partial charge in [0.25, 0.3) is 0 Å². The van der Waals surface area contributed by atoms with Crippen molar-refractivity contribution >= 4 is 23.4 Å². The summed E-state index contributed by atoms with van der Waals surface area (Å²) < 4.78 is 43.5. The van der Waals surface area contributed by atoms with Gasteiger partial charge in [-0.2, -0.15) is 13.2 Å². The van der Waals surface area contributed by atoms with Crippen molar-refractivity contribution in [2.75, 3.05) is 6.26 Å². The molecular formula is C17H14F3N3O2S. The number of benzene rings is 1.